The van der Waals surface area contributed by atoms with Gasteiger partial charge in [-0.1, -0.05) is 0 Å². The molecule has 0 unspecified atom stereocenters. The quantitative estimate of drug-likeness (QED) is 0.442. The Labute approximate surface area is 43.2 Å². The Kier molecular flexibility index (Phi) is 1.53. The van der Waals surface area contributed by atoms with Crippen LogP contribution >= 0.6 is 0 Å². The van der Waals surface area contributed by atoms with Gasteiger partial charge in [0.25, 0.3) is 0 Å². The minimum absolute atomic E-state index is 0.500. The molecular formula is C4H9Li. The topological polar surface area (TPSA) is 0 Å². The average molecular weight is 137 g/mol. The molecule has 0 N–H and O–H groups in total. The molecule has 0 bridgehead atoms. The van der Waals surface area contributed by atoms with Crippen molar-refractivity contribution in [1.82, 2.24) is 0 Å². The fourth-order valence-electron chi connectivity index (χ4n) is 0. The second-order valence-electron chi connectivity index (χ2n) is 3.00. The van der Waals surface area contributed by atoms with Crippen LogP contribution in [0, 0.1) is 0 Å². The molecule has 0 saturated heterocycles. The van der Waals surface area contributed by atoms with Crippen LogP contribution in [0.4, 0.5) is 0 Å². The third kappa shape index (κ3) is 86.9. The van der Waals surface area contributed by atoms with Crippen molar-refractivity contribution < 1.29 is 0 Å². The normalized spacial score (nSPS) is 12.2. The van der Waals surface area contributed by atoms with E-state index in [1.807, 2.05) is 0 Å². The first-order valence-electron chi connectivity index (χ1n) is 2.00. The van der Waals surface area contributed by atoms with Gasteiger partial charge in [0.05, 0.1) is 0 Å². The van der Waals surface area contributed by atoms with E-state index in [-0.39, 0.29) is 0 Å². The molecule has 0 amide bonds. The van der Waals surface area contributed by atoms with E-state index in [9.17, 15) is 0 Å². The van der Waals surface area contributed by atoms with Crippen molar-refractivity contribution in [3.63, 3.8) is 0 Å². The zero-order chi connectivity index (χ0) is 4.50. The zero-order valence-corrected chi connectivity index (χ0v) is 4.50. The molecule has 0 rings (SSSR count). The van der Waals surface area contributed by atoms with Crippen LogP contribution in [0.2, 0.25) is 4.09 Å². The predicted molar refractivity (Wildman–Crippen MR) is 25.5 cm³/mol. The standard InChI is InChI=1S/C4H9.Li/c1-4(2)3;/h1-3H3;/i;1+73. The van der Waals surface area contributed by atoms with E-state index in [1.165, 1.54) is 0 Å². The van der Waals surface area contributed by atoms with Crippen LogP contribution in [-0.4, -0.2) is 17.7 Å². The van der Waals surface area contributed by atoms with Gasteiger partial charge in [0, 0.05) is 0 Å². The Morgan fingerprint density at radius 1 is 1.20 bits per heavy atom. The number of hydrogen-bond acceptors (Lipinski definition) is 0. The third-order valence-corrected chi connectivity index (χ3v) is 0. The van der Waals surface area contributed by atoms with Crippen LogP contribution in [0.3, 0.4) is 0 Å². The molecule has 0 saturated carbocycles. The van der Waals surface area contributed by atoms with Gasteiger partial charge in [-0.2, -0.15) is 0 Å². The van der Waals surface area contributed by atoms with Gasteiger partial charge in [-0.3, -0.25) is 0 Å². The molecule has 0 atom stereocenters. The maximum absolute atomic E-state index is 2.19. The van der Waals surface area contributed by atoms with Crippen LogP contribution in [0.15, 0.2) is 0 Å². The van der Waals surface area contributed by atoms with E-state index in [0.717, 1.165) is 0 Å². The number of rotatable bonds is 0. The van der Waals surface area contributed by atoms with Crippen molar-refractivity contribution in [3.8, 4) is 0 Å². The summed E-state index contributed by atoms with van der Waals surface area (Å²) in [5, 5.41) is 0. The molecule has 0 aliphatic carbocycles. The Morgan fingerprint density at radius 3 is 1.20 bits per heavy atom. The Hall–Kier alpha value is 0.597. The molecule has 26 valence electrons. The van der Waals surface area contributed by atoms with Gasteiger partial charge < -0.3 is 0 Å². The fraction of sp³-hybridized carbons (Fsp3) is 1.00. The summed E-state index contributed by atoms with van der Waals surface area (Å²) in [6.07, 6.45) is 0. The van der Waals surface area contributed by atoms with Gasteiger partial charge in [-0.25, -0.2) is 0 Å². The summed E-state index contributed by atoms with van der Waals surface area (Å²) >= 11 is 2.19. The molecular weight excluding hydrogens is 128 g/mol. The van der Waals surface area contributed by atoms with Gasteiger partial charge in [0.15, 0.2) is 0 Å². The van der Waals surface area contributed by atoms with Gasteiger partial charge in [-0.05, 0) is 0 Å². The molecule has 0 heterocycles. The number of hydrogen-bond donors (Lipinski definition) is 0. The maximum atomic E-state index is 2.19. The average Bonchev–Trinajstić information content (AvgIpc) is 0.722. The van der Waals surface area contributed by atoms with Gasteiger partial charge in [0.1, 0.15) is 0 Å². The summed E-state index contributed by atoms with van der Waals surface area (Å²) in [6, 6.07) is 0. The molecule has 1 heteroatoms. The van der Waals surface area contributed by atoms with E-state index in [4.69, 9.17) is 0 Å². The van der Waals surface area contributed by atoms with Crippen LogP contribution < -0.4 is 0 Å². The second-order valence-corrected chi connectivity index (χ2v) is 3.00. The van der Waals surface area contributed by atoms with E-state index in [0.29, 0.717) is 4.09 Å². The summed E-state index contributed by atoms with van der Waals surface area (Å²) < 4.78 is 0.500. The second kappa shape index (κ2) is 1.37. The predicted octanol–water partition coefficient (Wildman–Crippen LogP) is 1.37. The van der Waals surface area contributed by atoms with E-state index in [2.05, 4.69) is 38.5 Å². The Bertz CT molecular complexity index is 19.1. The van der Waals surface area contributed by atoms with Gasteiger partial charge in [-0.15, -0.1) is 0 Å². The Balaban J connectivity index is 3.02. The van der Waals surface area contributed by atoms with E-state index < -0.39 is 0 Å². The van der Waals surface area contributed by atoms with Crippen molar-refractivity contribution in [2.24, 2.45) is 0 Å². The molecule has 0 aromatic carbocycles. The molecule has 0 aromatic heterocycles. The monoisotopic (exact) mass is 137 g/mol. The molecule has 5 heavy (non-hydrogen) atoms. The SMILES string of the molecule is [80Li][C](C)(C)C. The Morgan fingerprint density at radius 2 is 1.20 bits per heavy atom. The molecule has 0 aliphatic rings. The third-order valence-electron chi connectivity index (χ3n) is 0. The van der Waals surface area contributed by atoms with Gasteiger partial charge in [0.2, 0.25) is 0 Å². The van der Waals surface area contributed by atoms with Crippen molar-refractivity contribution >= 4 is 17.7 Å². The van der Waals surface area contributed by atoms with Crippen LogP contribution in [0.25, 0.3) is 0 Å². The van der Waals surface area contributed by atoms with Crippen molar-refractivity contribution in [3.05, 3.63) is 0 Å². The van der Waals surface area contributed by atoms with Crippen LogP contribution in [-0.2, 0) is 0 Å². The molecule has 0 radical (unpaired) electrons. The van der Waals surface area contributed by atoms with E-state index in [1.54, 1.807) is 0 Å². The zero-order valence-electron chi connectivity index (χ0n) is 4.50. The first-order chi connectivity index (χ1) is 2.00. The summed E-state index contributed by atoms with van der Waals surface area (Å²) in [7, 11) is 0. The van der Waals surface area contributed by atoms with Crippen molar-refractivity contribution in [2.75, 3.05) is 0 Å². The minimum atomic E-state index is 0.500. The van der Waals surface area contributed by atoms with Crippen molar-refractivity contribution in [1.29, 1.82) is 0 Å². The molecule has 0 aliphatic heterocycles. The fourth-order valence-corrected chi connectivity index (χ4v) is 0. The first-order valence-corrected chi connectivity index (χ1v) is 2.00. The molecule has 0 fully saturated rings. The summed E-state index contributed by atoms with van der Waals surface area (Å²) in [6.45, 7) is 6.56. The first kappa shape index (κ1) is 5.60. The summed E-state index contributed by atoms with van der Waals surface area (Å²) in [5.41, 5.74) is 0. The van der Waals surface area contributed by atoms with Crippen LogP contribution in [0.5, 0.6) is 0 Å². The van der Waals surface area contributed by atoms with Crippen LogP contribution in [0.1, 0.15) is 20.8 Å². The molecule has 0 nitrogen and oxygen atoms in total. The summed E-state index contributed by atoms with van der Waals surface area (Å²) in [4.78, 5) is 0. The van der Waals surface area contributed by atoms with Gasteiger partial charge >= 0.3 is 42.6 Å². The molecule has 0 aromatic rings. The summed E-state index contributed by atoms with van der Waals surface area (Å²) in [5.74, 6) is 0. The molecule has 0 spiro atoms. The van der Waals surface area contributed by atoms with Crippen molar-refractivity contribution in [2.45, 2.75) is 24.9 Å². The van der Waals surface area contributed by atoms with E-state index >= 15 is 0 Å².